The average Bonchev–Trinajstić information content (AvgIpc) is 3.35. The second-order valence-corrected chi connectivity index (χ2v) is 20.0. The molecule has 0 aliphatic heterocycles. The molecule has 0 saturated carbocycles. The van der Waals surface area contributed by atoms with Crippen LogP contribution in [0.1, 0.15) is 290 Å². The minimum Gasteiger partial charge on any atom is -0.394 e. The largest absolute Gasteiger partial charge is 0.394 e. The molecular weight excluding hydrogens is 843 g/mol. The van der Waals surface area contributed by atoms with Crippen LogP contribution in [-0.2, 0) is 4.79 Å². The van der Waals surface area contributed by atoms with Crippen molar-refractivity contribution in [2.24, 2.45) is 0 Å². The van der Waals surface area contributed by atoms with Gasteiger partial charge in [0.1, 0.15) is 0 Å². The maximum Gasteiger partial charge on any atom is 0.220 e. The zero-order valence-corrected chi connectivity index (χ0v) is 45.8. The van der Waals surface area contributed by atoms with Crippen molar-refractivity contribution in [3.05, 3.63) is 97.2 Å². The molecule has 0 aromatic heterocycles. The monoisotopic (exact) mass is 958 g/mol. The summed E-state index contributed by atoms with van der Waals surface area (Å²) in [6, 6.07) is -0.656. The van der Waals surface area contributed by atoms with Crippen molar-refractivity contribution < 1.29 is 15.0 Å². The highest BCUT2D eigenvalue weighted by molar-refractivity contribution is 5.76. The molecule has 0 aliphatic rings. The first-order valence-corrected chi connectivity index (χ1v) is 30.0. The molecule has 0 heterocycles. The van der Waals surface area contributed by atoms with Gasteiger partial charge in [-0.25, -0.2) is 0 Å². The fraction of sp³-hybridized carbons (Fsp3) is 0.738. The van der Waals surface area contributed by atoms with Crippen LogP contribution < -0.4 is 5.32 Å². The molecule has 69 heavy (non-hydrogen) atoms. The van der Waals surface area contributed by atoms with Crippen LogP contribution in [0.25, 0.3) is 0 Å². The predicted molar refractivity (Wildman–Crippen MR) is 308 cm³/mol. The number of unbranched alkanes of at least 4 members (excludes halogenated alkanes) is 33. The number of carbonyl (C=O) groups is 1. The van der Waals surface area contributed by atoms with Gasteiger partial charge in [0.15, 0.2) is 0 Å². The number of allylic oxidation sites excluding steroid dienone is 15. The Kier molecular flexibility index (Phi) is 57.3. The summed E-state index contributed by atoms with van der Waals surface area (Å²) in [6.45, 7) is 4.19. The van der Waals surface area contributed by atoms with Gasteiger partial charge < -0.3 is 15.5 Å². The van der Waals surface area contributed by atoms with Gasteiger partial charge in [-0.05, 0) is 83.5 Å². The Hall–Kier alpha value is -2.69. The van der Waals surface area contributed by atoms with E-state index < -0.39 is 12.1 Å². The number of hydrogen-bond acceptors (Lipinski definition) is 3. The van der Waals surface area contributed by atoms with Crippen LogP contribution >= 0.6 is 0 Å². The van der Waals surface area contributed by atoms with Gasteiger partial charge in [0.05, 0.1) is 18.8 Å². The van der Waals surface area contributed by atoms with Gasteiger partial charge in [-0.2, -0.15) is 0 Å². The molecule has 3 N–H and O–H groups in total. The summed E-state index contributed by atoms with van der Waals surface area (Å²) in [4.78, 5) is 12.5. The summed E-state index contributed by atoms with van der Waals surface area (Å²) < 4.78 is 0. The number of aliphatic hydroxyl groups is 2. The van der Waals surface area contributed by atoms with E-state index in [2.05, 4.69) is 104 Å². The number of hydrogen-bond donors (Lipinski definition) is 3. The van der Waals surface area contributed by atoms with E-state index >= 15 is 0 Å². The Morgan fingerprint density at radius 1 is 0.362 bits per heavy atom. The van der Waals surface area contributed by atoms with Crippen LogP contribution in [0.2, 0.25) is 0 Å². The molecule has 0 bridgehead atoms. The molecule has 0 fully saturated rings. The lowest BCUT2D eigenvalue weighted by atomic mass is 10.0. The highest BCUT2D eigenvalue weighted by Gasteiger charge is 2.18. The van der Waals surface area contributed by atoms with E-state index in [1.807, 2.05) is 6.08 Å². The number of amides is 1. The zero-order valence-electron chi connectivity index (χ0n) is 45.8. The number of carbonyl (C=O) groups excluding carboxylic acids is 1. The molecule has 1 amide bonds. The van der Waals surface area contributed by atoms with Gasteiger partial charge >= 0.3 is 0 Å². The van der Waals surface area contributed by atoms with Crippen LogP contribution in [-0.4, -0.2) is 34.9 Å². The van der Waals surface area contributed by atoms with E-state index in [9.17, 15) is 15.0 Å². The van der Waals surface area contributed by atoms with Crippen LogP contribution in [0.4, 0.5) is 0 Å². The van der Waals surface area contributed by atoms with E-state index in [1.165, 1.54) is 186 Å². The molecule has 0 rings (SSSR count). The molecule has 0 aromatic carbocycles. The van der Waals surface area contributed by atoms with Crippen molar-refractivity contribution in [3.8, 4) is 0 Å². The highest BCUT2D eigenvalue weighted by atomic mass is 16.3. The summed E-state index contributed by atoms with van der Waals surface area (Å²) in [5.74, 6) is -0.0897. The lowest BCUT2D eigenvalue weighted by molar-refractivity contribution is -0.123. The van der Waals surface area contributed by atoms with E-state index in [-0.39, 0.29) is 12.5 Å². The van der Waals surface area contributed by atoms with Crippen LogP contribution in [0.15, 0.2) is 97.2 Å². The standard InChI is InChI=1S/C65H115NO3/c1-3-5-7-9-11-13-15-17-19-21-23-25-27-29-30-31-32-33-34-35-37-38-40-42-44-46-48-50-52-54-56-58-60-64(68)63(62-67)66-65(69)61-59-57-55-53-51-49-47-45-43-41-39-36-28-26-24-22-20-18-16-14-12-10-8-6-4-2/h6,8,12,14,18,20,24,26,36,39,43,45,50,52,58,60,63-64,67-68H,3-5,7,9-11,13,15-17,19,21-23,25,27-35,37-38,40-42,44,46-49,51,53-57,59,61-62H2,1-2H3,(H,66,69)/b8-6-,14-12-,20-18-,26-24-,39-36-,45-43-,52-50+,60-58+. The van der Waals surface area contributed by atoms with E-state index in [1.54, 1.807) is 6.08 Å². The summed E-state index contributed by atoms with van der Waals surface area (Å²) >= 11 is 0. The number of rotatable bonds is 54. The number of aliphatic hydroxyl groups excluding tert-OH is 2. The third-order valence-corrected chi connectivity index (χ3v) is 13.3. The third kappa shape index (κ3) is 56.1. The maximum absolute atomic E-state index is 12.5. The zero-order chi connectivity index (χ0) is 49.9. The van der Waals surface area contributed by atoms with Crippen LogP contribution in [0, 0.1) is 0 Å². The summed E-state index contributed by atoms with van der Waals surface area (Å²) in [5, 5.41) is 23.2. The first kappa shape index (κ1) is 66.3. The Morgan fingerprint density at radius 3 is 1.01 bits per heavy atom. The Bertz CT molecular complexity index is 1270. The second kappa shape index (κ2) is 59.6. The lowest BCUT2D eigenvalue weighted by Gasteiger charge is -2.19. The molecule has 398 valence electrons. The predicted octanol–water partition coefficient (Wildman–Crippen LogP) is 20.1. The second-order valence-electron chi connectivity index (χ2n) is 20.0. The third-order valence-electron chi connectivity index (χ3n) is 13.3. The summed E-state index contributed by atoms with van der Waals surface area (Å²) in [7, 11) is 0. The lowest BCUT2D eigenvalue weighted by Crippen LogP contribution is -2.45. The topological polar surface area (TPSA) is 69.6 Å². The molecular formula is C65H115NO3. The van der Waals surface area contributed by atoms with Crippen molar-refractivity contribution in [1.82, 2.24) is 5.32 Å². The van der Waals surface area contributed by atoms with E-state index in [0.29, 0.717) is 6.42 Å². The molecule has 4 nitrogen and oxygen atoms in total. The molecule has 0 aliphatic carbocycles. The van der Waals surface area contributed by atoms with Crippen molar-refractivity contribution >= 4 is 5.91 Å². The highest BCUT2D eigenvalue weighted by Crippen LogP contribution is 2.17. The molecule has 4 heteroatoms. The van der Waals surface area contributed by atoms with Crippen molar-refractivity contribution in [2.45, 2.75) is 302 Å². The maximum atomic E-state index is 12.5. The van der Waals surface area contributed by atoms with Crippen LogP contribution in [0.3, 0.4) is 0 Å². The van der Waals surface area contributed by atoms with Crippen molar-refractivity contribution in [3.63, 3.8) is 0 Å². The van der Waals surface area contributed by atoms with Gasteiger partial charge in [0.2, 0.25) is 5.91 Å². The SMILES string of the molecule is CC/C=C\C/C=C\C/C=C\C/C=C\C/C=C\C/C=C\CCCCCCCCC(=O)NC(CO)C(O)/C=C/CC/C=C/CCCCCCCCCCCCCCCCCCCCCCCCCCCC. The molecule has 0 aromatic rings. The molecule has 2 atom stereocenters. The van der Waals surface area contributed by atoms with Crippen molar-refractivity contribution in [2.75, 3.05) is 6.61 Å². The minimum atomic E-state index is -0.877. The minimum absolute atomic E-state index is 0.0897. The first-order chi connectivity index (χ1) is 34.2. The molecule has 0 saturated heterocycles. The fourth-order valence-electron chi connectivity index (χ4n) is 8.79. The Morgan fingerprint density at radius 2 is 0.652 bits per heavy atom. The quantitative estimate of drug-likeness (QED) is 0.0420. The van der Waals surface area contributed by atoms with Gasteiger partial charge in [0.25, 0.3) is 0 Å². The molecule has 2 unspecified atom stereocenters. The fourth-order valence-corrected chi connectivity index (χ4v) is 8.79. The average molecular weight is 959 g/mol. The summed E-state index contributed by atoms with van der Waals surface area (Å²) in [5.41, 5.74) is 0. The Balaban J connectivity index is 3.57. The molecule has 0 spiro atoms. The Labute approximate surface area is 430 Å². The smallest absolute Gasteiger partial charge is 0.220 e. The summed E-state index contributed by atoms with van der Waals surface area (Å²) in [6.07, 6.45) is 88.7. The van der Waals surface area contributed by atoms with Crippen molar-refractivity contribution in [1.29, 1.82) is 0 Å². The van der Waals surface area contributed by atoms with E-state index in [4.69, 9.17) is 0 Å². The van der Waals surface area contributed by atoms with Gasteiger partial charge in [-0.15, -0.1) is 0 Å². The first-order valence-electron chi connectivity index (χ1n) is 30.0. The normalized spacial score (nSPS) is 13.5. The number of nitrogens with one attached hydrogen (secondary N) is 1. The molecule has 0 radical (unpaired) electrons. The van der Waals surface area contributed by atoms with Gasteiger partial charge in [0, 0.05) is 6.42 Å². The van der Waals surface area contributed by atoms with Gasteiger partial charge in [-0.1, -0.05) is 297 Å². The van der Waals surface area contributed by atoms with E-state index in [0.717, 1.165) is 83.5 Å². The van der Waals surface area contributed by atoms with Crippen LogP contribution in [0.5, 0.6) is 0 Å². The van der Waals surface area contributed by atoms with Gasteiger partial charge in [-0.3, -0.25) is 4.79 Å².